The van der Waals surface area contributed by atoms with E-state index < -0.39 is 6.97 Å². The zero-order valence-electron chi connectivity index (χ0n) is 13.7. The second-order valence-corrected chi connectivity index (χ2v) is 6.38. The molecule has 2 aromatic carbocycles. The fourth-order valence-electron chi connectivity index (χ4n) is 3.55. The minimum absolute atomic E-state index is 0.453. The van der Waals surface area contributed by atoms with E-state index in [1.54, 1.807) is 24.3 Å². The first-order valence-corrected chi connectivity index (χ1v) is 8.39. The Labute approximate surface area is 149 Å². The van der Waals surface area contributed by atoms with Gasteiger partial charge < -0.3 is 17.6 Å². The zero-order valence-corrected chi connectivity index (χ0v) is 13.7. The van der Waals surface area contributed by atoms with Crippen LogP contribution in [-0.2, 0) is 0 Å². The molecule has 3 aromatic rings. The van der Waals surface area contributed by atoms with Gasteiger partial charge in [0.2, 0.25) is 0 Å². The molecule has 3 heterocycles. The van der Waals surface area contributed by atoms with Gasteiger partial charge in [-0.3, -0.25) is 0 Å². The van der Waals surface area contributed by atoms with Crippen molar-refractivity contribution in [3.05, 3.63) is 89.9 Å². The van der Waals surface area contributed by atoms with Gasteiger partial charge in [-0.25, -0.2) is 0 Å². The molecule has 0 aliphatic carbocycles. The van der Waals surface area contributed by atoms with E-state index >= 15 is 0 Å². The van der Waals surface area contributed by atoms with Crippen LogP contribution in [0.3, 0.4) is 0 Å². The van der Waals surface area contributed by atoms with E-state index in [9.17, 15) is 8.63 Å². The molecule has 1 aromatic heterocycles. The van der Waals surface area contributed by atoms with Crippen molar-refractivity contribution in [2.24, 2.45) is 0 Å². The van der Waals surface area contributed by atoms with E-state index in [4.69, 9.17) is 0 Å². The van der Waals surface area contributed by atoms with Crippen molar-refractivity contribution >= 4 is 29.5 Å². The van der Waals surface area contributed by atoms with Gasteiger partial charge in [-0.05, 0) is 41.2 Å². The van der Waals surface area contributed by atoms with Crippen LogP contribution in [0.4, 0.5) is 8.63 Å². The molecule has 5 rings (SSSR count). The molecule has 0 atom stereocenters. The first-order valence-electron chi connectivity index (χ1n) is 8.39. The Bertz CT molecular complexity index is 1220. The number of aromatic nitrogens is 1. The first kappa shape index (κ1) is 14.9. The van der Waals surface area contributed by atoms with Gasteiger partial charge in [-0.2, -0.15) is 0 Å². The third kappa shape index (κ3) is 2.09. The summed E-state index contributed by atoms with van der Waals surface area (Å²) in [4.78, 5) is 0. The summed E-state index contributed by atoms with van der Waals surface area (Å²) in [5, 5.41) is 2.25. The number of fused-ring (bicyclic) bond motifs is 3. The lowest BCUT2D eigenvalue weighted by Crippen LogP contribution is -2.49. The van der Waals surface area contributed by atoms with Gasteiger partial charge >= 0.3 is 6.97 Å². The van der Waals surface area contributed by atoms with Crippen molar-refractivity contribution < 1.29 is 13.1 Å². The normalized spacial score (nSPS) is 16.8. The molecule has 2 aliphatic rings. The van der Waals surface area contributed by atoms with Crippen LogP contribution in [0.15, 0.2) is 78.6 Å². The van der Waals surface area contributed by atoms with E-state index in [0.29, 0.717) is 17.0 Å². The Kier molecular flexibility index (Phi) is 3.04. The van der Waals surface area contributed by atoms with Gasteiger partial charge in [0.25, 0.3) is 0 Å². The molecule has 26 heavy (non-hydrogen) atoms. The van der Waals surface area contributed by atoms with Crippen LogP contribution in [-0.4, -0.2) is 22.1 Å². The SMILES string of the molecule is F[B-]1(F)n2cccc2C(C#Cc2ccc3ccccc3c2)=C2C=CC=[N+]21. The van der Waals surface area contributed by atoms with Crippen LogP contribution >= 0.6 is 0 Å². The Balaban J connectivity index is 1.66. The van der Waals surface area contributed by atoms with Crippen LogP contribution < -0.4 is 0 Å². The summed E-state index contributed by atoms with van der Waals surface area (Å²) in [5.74, 6) is 6.27. The predicted molar refractivity (Wildman–Crippen MR) is 101 cm³/mol. The molecular formula is C21H13BF2N2. The number of allylic oxidation sites excluding steroid dienone is 3. The largest absolute Gasteiger partial charge is 0.737 e. The van der Waals surface area contributed by atoms with Gasteiger partial charge in [-0.1, -0.05) is 42.2 Å². The highest BCUT2D eigenvalue weighted by molar-refractivity contribution is 6.57. The Morgan fingerprint density at radius 2 is 1.77 bits per heavy atom. The van der Waals surface area contributed by atoms with E-state index in [-0.39, 0.29) is 0 Å². The van der Waals surface area contributed by atoms with E-state index in [0.717, 1.165) is 25.3 Å². The molecule has 2 nitrogen and oxygen atoms in total. The van der Waals surface area contributed by atoms with Crippen LogP contribution in [0.1, 0.15) is 11.3 Å². The second-order valence-electron chi connectivity index (χ2n) is 6.38. The highest BCUT2D eigenvalue weighted by Gasteiger charge is 2.51. The summed E-state index contributed by atoms with van der Waals surface area (Å²) in [7, 11) is 0. The second kappa shape index (κ2) is 5.30. The zero-order chi connectivity index (χ0) is 17.7. The van der Waals surface area contributed by atoms with Gasteiger partial charge in [0.1, 0.15) is 11.8 Å². The van der Waals surface area contributed by atoms with Crippen molar-refractivity contribution in [2.45, 2.75) is 0 Å². The average molecular weight is 342 g/mol. The lowest BCUT2D eigenvalue weighted by atomic mass is 9.89. The van der Waals surface area contributed by atoms with Crippen molar-refractivity contribution in [1.29, 1.82) is 0 Å². The predicted octanol–water partition coefficient (Wildman–Crippen LogP) is 4.29. The summed E-state index contributed by atoms with van der Waals surface area (Å²) >= 11 is 0. The van der Waals surface area contributed by atoms with Crippen LogP contribution in [0, 0.1) is 11.8 Å². The third-order valence-corrected chi connectivity index (χ3v) is 4.82. The van der Waals surface area contributed by atoms with Crippen molar-refractivity contribution in [1.82, 2.24) is 4.48 Å². The third-order valence-electron chi connectivity index (χ3n) is 4.82. The van der Waals surface area contributed by atoms with Crippen molar-refractivity contribution in [3.8, 4) is 11.8 Å². The molecule has 0 unspecified atom stereocenters. The molecule has 124 valence electrons. The summed E-state index contributed by atoms with van der Waals surface area (Å²) in [6.07, 6.45) is 6.15. The average Bonchev–Trinajstić information content (AvgIpc) is 3.32. The molecule has 2 aliphatic heterocycles. The molecule has 0 saturated carbocycles. The minimum Gasteiger partial charge on any atom is -0.395 e. The number of halogens is 2. The van der Waals surface area contributed by atoms with Gasteiger partial charge in [0.15, 0.2) is 5.70 Å². The van der Waals surface area contributed by atoms with Crippen molar-refractivity contribution in [3.63, 3.8) is 0 Å². The molecule has 0 amide bonds. The van der Waals surface area contributed by atoms with E-state index in [2.05, 4.69) is 11.8 Å². The molecule has 0 radical (unpaired) electrons. The van der Waals surface area contributed by atoms with Gasteiger partial charge in [-0.15, -0.1) is 0 Å². The number of hydrogen-bond acceptors (Lipinski definition) is 0. The number of benzene rings is 2. The number of nitrogens with zero attached hydrogens (tertiary/aromatic N) is 2. The Morgan fingerprint density at radius 3 is 2.65 bits per heavy atom. The Morgan fingerprint density at radius 1 is 0.923 bits per heavy atom. The Hall–Kier alpha value is -3.39. The summed E-state index contributed by atoms with van der Waals surface area (Å²) in [5.41, 5.74) is 2.38. The molecule has 0 bridgehead atoms. The standard InChI is InChI=1S/C21H13BF2N2/c23-22(24)25-13-3-7-20(25)19(21-8-4-14-26(21)22)12-10-16-9-11-17-5-1-2-6-18(17)15-16/h1-9,11,13-15H. The topological polar surface area (TPSA) is 7.94 Å². The van der Waals surface area contributed by atoms with E-state index in [1.807, 2.05) is 42.5 Å². The van der Waals surface area contributed by atoms with Gasteiger partial charge in [0, 0.05) is 23.4 Å². The fraction of sp³-hybridized carbons (Fsp3) is 0. The first-order chi connectivity index (χ1) is 12.6. The number of rotatable bonds is 0. The molecule has 0 spiro atoms. The van der Waals surface area contributed by atoms with Crippen LogP contribution in [0.25, 0.3) is 16.3 Å². The summed E-state index contributed by atoms with van der Waals surface area (Å²) in [6.45, 7) is -3.87. The highest BCUT2D eigenvalue weighted by atomic mass is 19.2. The van der Waals surface area contributed by atoms with Crippen molar-refractivity contribution in [2.75, 3.05) is 0 Å². The monoisotopic (exact) mass is 342 g/mol. The molecule has 5 heteroatoms. The van der Waals surface area contributed by atoms with E-state index in [1.165, 1.54) is 12.4 Å². The summed E-state index contributed by atoms with van der Waals surface area (Å²) in [6, 6.07) is 17.4. The highest BCUT2D eigenvalue weighted by Crippen LogP contribution is 2.34. The summed E-state index contributed by atoms with van der Waals surface area (Å²) < 4.78 is 31.4. The molecule has 0 saturated heterocycles. The van der Waals surface area contributed by atoms with Crippen LogP contribution in [0.5, 0.6) is 0 Å². The van der Waals surface area contributed by atoms with Crippen LogP contribution in [0.2, 0.25) is 0 Å². The molecule has 0 N–H and O–H groups in total. The van der Waals surface area contributed by atoms with Gasteiger partial charge in [0.05, 0.1) is 0 Å². The smallest absolute Gasteiger partial charge is 0.395 e. The quantitative estimate of drug-likeness (QED) is 0.425. The maximum Gasteiger partial charge on any atom is 0.737 e. The fourth-order valence-corrected chi connectivity index (χ4v) is 3.55. The lowest BCUT2D eigenvalue weighted by Gasteiger charge is -2.29. The number of hydrogen-bond donors (Lipinski definition) is 0. The lowest BCUT2D eigenvalue weighted by molar-refractivity contribution is -0.356. The maximum absolute atomic E-state index is 14.7. The molecular weight excluding hydrogens is 329 g/mol. The minimum atomic E-state index is -3.87. The maximum atomic E-state index is 14.7. The molecule has 0 fully saturated rings.